The zero-order chi connectivity index (χ0) is 77.4. The van der Waals surface area contributed by atoms with Crippen molar-refractivity contribution >= 4 is 30.3 Å². The normalized spacial score (nSPS) is 44.5. The van der Waals surface area contributed by atoms with Crippen LogP contribution in [0, 0.1) is 11.8 Å². The van der Waals surface area contributed by atoms with Crippen molar-refractivity contribution in [2.75, 3.05) is 52.8 Å². The summed E-state index contributed by atoms with van der Waals surface area (Å²) in [5, 5.41) is 230. The van der Waals surface area contributed by atoms with E-state index in [0.29, 0.717) is 25.3 Å². The van der Waals surface area contributed by atoms with Crippen molar-refractivity contribution in [1.29, 1.82) is 0 Å². The molecule has 0 spiro atoms. The van der Waals surface area contributed by atoms with E-state index in [2.05, 4.69) is 4.99 Å². The molecule has 22 fully saturated rings. The lowest BCUT2D eigenvalue weighted by molar-refractivity contribution is -0.396. The van der Waals surface area contributed by atoms with Gasteiger partial charge in [0.05, 0.1) is 52.2 Å². The van der Waals surface area contributed by atoms with Crippen molar-refractivity contribution in [3.63, 3.8) is 0 Å². The van der Waals surface area contributed by atoms with Gasteiger partial charge in [0.25, 0.3) is 0 Å². The Morgan fingerprint density at radius 1 is 0.361 bits per heavy atom. The fraction of sp³-hybridized carbons (Fsp3) is 0.769. The Bertz CT molecular complexity index is 2760. The van der Waals surface area contributed by atoms with Gasteiger partial charge < -0.3 is 194 Å². The summed E-state index contributed by atoms with van der Waals surface area (Å²) in [6.07, 6.45) is -67.1. The van der Waals surface area contributed by atoms with Gasteiger partial charge in [-0.2, -0.15) is 0 Å². The van der Waals surface area contributed by atoms with Crippen LogP contribution >= 0.6 is 12.4 Å². The fourth-order valence-electron chi connectivity index (χ4n) is 13.9. The average molecular weight is 1580 g/mol. The first-order chi connectivity index (χ1) is 51.2. The van der Waals surface area contributed by atoms with E-state index < -0.39 is 267 Å². The number of aliphatic hydroxyl groups excluding tert-OH is 21. The van der Waals surface area contributed by atoms with E-state index in [1.165, 1.54) is 0 Å². The van der Waals surface area contributed by atoms with Crippen LogP contribution in [0.1, 0.15) is 41.6 Å². The molecule has 21 aliphatic heterocycles. The molecule has 22 aliphatic rings. The summed E-state index contributed by atoms with van der Waals surface area (Å²) in [7, 11) is 0. The van der Waals surface area contributed by atoms with Crippen LogP contribution in [0.15, 0.2) is 59.6 Å². The van der Waals surface area contributed by atoms with Crippen LogP contribution < -0.4 is 16.2 Å². The van der Waals surface area contributed by atoms with Crippen LogP contribution in [0.3, 0.4) is 0 Å². The molecule has 14 bridgehead atoms. The summed E-state index contributed by atoms with van der Waals surface area (Å²) in [6, 6.07) is 16.1. The molecule has 35 atom stereocenters. The molecule has 0 unspecified atom stereocenters. The molecule has 25 N–H and O–H groups in total. The Balaban J connectivity index is 0.000000362. The van der Waals surface area contributed by atoms with Gasteiger partial charge >= 0.3 is 11.9 Å². The lowest BCUT2D eigenvalue weighted by atomic mass is 9.82. The van der Waals surface area contributed by atoms with Crippen molar-refractivity contribution in [3.05, 3.63) is 65.7 Å². The van der Waals surface area contributed by atoms with E-state index in [1.54, 1.807) is 24.3 Å². The number of para-hydroxylation sites is 1. The van der Waals surface area contributed by atoms with E-state index >= 15 is 0 Å². The minimum atomic E-state index is -2.21. The molecule has 21 saturated heterocycles. The molecule has 1 saturated carbocycles. The fourth-order valence-corrected chi connectivity index (χ4v) is 13.9. The number of nitrogens with two attached hydrogens (primary N) is 2. The number of hydrogen-bond acceptors (Lipinski definition) is 40. The number of hydrogen-bond donors (Lipinski definition) is 23. The smallest absolute Gasteiger partial charge is 0.342 e. The summed E-state index contributed by atoms with van der Waals surface area (Å²) < 4.78 is 90.4. The summed E-state index contributed by atoms with van der Waals surface area (Å²) in [5.41, 5.74) is 11.9. The number of halogens is 1. The van der Waals surface area contributed by atoms with Crippen molar-refractivity contribution in [3.8, 4) is 5.75 Å². The number of benzene rings is 2. The van der Waals surface area contributed by atoms with Crippen LogP contribution in [0.25, 0.3) is 0 Å². The highest BCUT2D eigenvalue weighted by molar-refractivity contribution is 5.93. The van der Waals surface area contributed by atoms with Crippen molar-refractivity contribution in [2.24, 2.45) is 28.3 Å². The number of esters is 2. The van der Waals surface area contributed by atoms with Crippen LogP contribution in [-0.2, 0) is 82.5 Å². The maximum atomic E-state index is 12.7. The molecule has 2 aromatic rings. The third-order valence-electron chi connectivity index (χ3n) is 20.0. The number of ether oxygens (including phenoxy) is 16. The van der Waals surface area contributed by atoms with Gasteiger partial charge in [-0.15, -0.1) is 12.4 Å². The SMILES string of the molecule is Cl.NC(N)=NCC1CCC(C(=O)Oc2ccccc2C(=O)OCc2ccccc2)CC1.OC[C@@H]1O[C@H]2O[C@@H]3[C@@H](O)[C@H](O)[C@H](O[C@@H]4[C@@H](O)[C@H](O)[C@H](O[C@@H]5[C@@H](O)[C@@H](O)[C@H](O[C@@H]6[C@@H](O)[C@H](O)[C@H](O[C@@H]7[C@@H](O)[C@H](O)[C@H](O[C@@H]8[C@@H](O)[C@H](O)[C@H](O[C@@H]1[C@@H](O)[C@@H]2O)O[C@H]8CO)O[C@H]7CO)O[C@H]6CO)O[C@H]5CO)O[C@H]4CO)O[C@H]3CO. The first-order valence-electron chi connectivity index (χ1n) is 34.7. The standard InChI is InChI=1S/C42H70O35.C23H27N3O4.ClH/c43-1-8-29-15(50)22(57)36(64-8)72-30-9(2-44)66-38(24(59)17(30)52)74-32-11(4-46)68-40(26(61)19(32)54)76-34-13(6-48)70-42(28(63)21(34)56)77-35-14(7-49)69-41(27(62)20(35)55)75-33-12(5-47)67-39(25(60)18(33)53)73-31-10(3-45)65-37(71-29)23(58)16(31)51;24-23(25)26-14-16-10-12-18(13-11-16)21(27)30-20-9-5-4-8-19(20)22(28)29-15-17-6-2-1-3-7-17;/h8-63H,1-7H2;1-9,16,18H,10-15H2,(H4,24,25,26);1H/t8-,9-,10-,11-,12-,13-,14-,15-,16-,17-,18-,19-,20-,21-,22-,23-,24-,25-,26-,27-,28+,29-,30-,31-,32-,33-,34-,35-,36-,37-,38-,39-,40-,41-,42-;;/m0../s1. The second-order valence-corrected chi connectivity index (χ2v) is 27.1. The molecule has 43 heteroatoms. The quantitative estimate of drug-likeness (QED) is 0.0361. The minimum Gasteiger partial charge on any atom is -0.457 e. The van der Waals surface area contributed by atoms with E-state index in [9.17, 15) is 117 Å². The maximum Gasteiger partial charge on any atom is 0.342 e. The Labute approximate surface area is 620 Å². The molecule has 1 aliphatic carbocycles. The van der Waals surface area contributed by atoms with Crippen LogP contribution in [-0.4, -0.2) is 393 Å². The molecular weight excluding hydrogens is 1480 g/mol. The van der Waals surface area contributed by atoms with E-state index in [4.69, 9.17) is 87.3 Å². The predicted molar refractivity (Wildman–Crippen MR) is 349 cm³/mol. The number of aliphatic imine (C=N–C) groups is 1. The van der Waals surface area contributed by atoms with Gasteiger partial charge in [-0.25, -0.2) is 4.79 Å². The molecule has 614 valence electrons. The predicted octanol–water partition coefficient (Wildman–Crippen LogP) is -11.8. The van der Waals surface area contributed by atoms with Gasteiger partial charge in [-0.1, -0.05) is 42.5 Å². The van der Waals surface area contributed by atoms with Gasteiger partial charge in [-0.3, -0.25) is 9.79 Å². The number of nitrogens with zero attached hydrogens (tertiary/aromatic N) is 1. The van der Waals surface area contributed by atoms with Crippen molar-refractivity contribution in [2.45, 2.75) is 247 Å². The Kier molecular flexibility index (Phi) is 32.0. The number of aliphatic hydroxyl groups is 21. The zero-order valence-corrected chi connectivity index (χ0v) is 58.3. The number of carbonyl (C=O) groups is 2. The molecule has 0 radical (unpaired) electrons. The molecule has 0 aromatic heterocycles. The summed E-state index contributed by atoms with van der Waals surface area (Å²) >= 11 is 0. The summed E-state index contributed by atoms with van der Waals surface area (Å²) in [4.78, 5) is 29.2. The van der Waals surface area contributed by atoms with Gasteiger partial charge in [0.2, 0.25) is 0 Å². The van der Waals surface area contributed by atoms with Gasteiger partial charge in [0, 0.05) is 6.54 Å². The van der Waals surface area contributed by atoms with Crippen LogP contribution in [0.5, 0.6) is 5.75 Å². The van der Waals surface area contributed by atoms with Crippen LogP contribution in [0.2, 0.25) is 0 Å². The third-order valence-corrected chi connectivity index (χ3v) is 20.0. The molecule has 2 aromatic carbocycles. The third kappa shape index (κ3) is 19.7. The second kappa shape index (κ2) is 39.5. The average Bonchev–Trinajstić information content (AvgIpc) is 0.778. The highest BCUT2D eigenvalue weighted by atomic mass is 35.5. The van der Waals surface area contributed by atoms with E-state index in [0.717, 1.165) is 18.4 Å². The number of carbonyl (C=O) groups excluding carboxylic acids is 2. The van der Waals surface area contributed by atoms with Crippen LogP contribution in [0.4, 0.5) is 0 Å². The molecule has 21 heterocycles. The topological polar surface area (TPSA) is 671 Å². The second-order valence-electron chi connectivity index (χ2n) is 27.1. The van der Waals surface area contributed by atoms with Crippen molar-refractivity contribution < 1.29 is 193 Å². The Morgan fingerprint density at radius 3 is 0.880 bits per heavy atom. The lowest BCUT2D eigenvalue weighted by Crippen LogP contribution is -2.68. The van der Waals surface area contributed by atoms with E-state index in [1.807, 2.05) is 30.3 Å². The van der Waals surface area contributed by atoms with Gasteiger partial charge in [-0.05, 0) is 49.3 Å². The van der Waals surface area contributed by atoms with E-state index in [-0.39, 0.29) is 48.2 Å². The Morgan fingerprint density at radius 2 is 0.620 bits per heavy atom. The zero-order valence-electron chi connectivity index (χ0n) is 57.5. The van der Waals surface area contributed by atoms with Crippen molar-refractivity contribution in [1.82, 2.24) is 0 Å². The first kappa shape index (κ1) is 87.5. The number of guanidine groups is 1. The first-order valence-corrected chi connectivity index (χ1v) is 34.7. The van der Waals surface area contributed by atoms with Gasteiger partial charge in [0.1, 0.15) is 189 Å². The highest BCUT2D eigenvalue weighted by Gasteiger charge is 2.60. The minimum absolute atomic E-state index is 0. The molecule has 108 heavy (non-hydrogen) atoms. The monoisotopic (exact) mass is 1580 g/mol. The molecule has 24 rings (SSSR count). The maximum absolute atomic E-state index is 12.7. The number of rotatable bonds is 14. The molecular formula is C65H98ClN3O39. The summed E-state index contributed by atoms with van der Waals surface area (Å²) in [6.45, 7) is -6.59. The summed E-state index contributed by atoms with van der Waals surface area (Å²) in [5.74, 6) is -0.359. The Hall–Kier alpha value is -4.46. The molecule has 42 nitrogen and oxygen atoms in total. The van der Waals surface area contributed by atoms with Gasteiger partial charge in [0.15, 0.2) is 50.0 Å². The highest BCUT2D eigenvalue weighted by Crippen LogP contribution is 2.40. The largest absolute Gasteiger partial charge is 0.457 e. The molecule has 0 amide bonds. The lowest BCUT2D eigenvalue weighted by Gasteiger charge is -2.50.